The first-order chi connectivity index (χ1) is 12.9. The Labute approximate surface area is 169 Å². The lowest BCUT2D eigenvalue weighted by Crippen LogP contribution is -1.93. The Kier molecular flexibility index (Phi) is 8.83. The average molecular weight is 382 g/mol. The molecule has 0 aromatic carbocycles. The third-order valence-electron chi connectivity index (χ3n) is 2.49. The summed E-state index contributed by atoms with van der Waals surface area (Å²) in [7, 11) is 0. The summed E-state index contributed by atoms with van der Waals surface area (Å²) in [4.78, 5) is 8.05. The fourth-order valence-electron chi connectivity index (χ4n) is 1.63. The third-order valence-corrected chi connectivity index (χ3v) is 2.49. The van der Waals surface area contributed by atoms with Crippen LogP contribution in [0.15, 0.2) is 67.5 Å². The highest BCUT2D eigenvalue weighted by Gasteiger charge is 1.96. The molecular formula is C23H35N5. The lowest BCUT2D eigenvalue weighted by atomic mass is 10.0. The van der Waals surface area contributed by atoms with E-state index in [2.05, 4.69) is 70.5 Å². The second kappa shape index (κ2) is 10.6. The van der Waals surface area contributed by atoms with Crippen LogP contribution in [0.5, 0.6) is 0 Å². The molecule has 4 aromatic heterocycles. The molecule has 4 rings (SSSR count). The molecule has 0 spiro atoms. The summed E-state index contributed by atoms with van der Waals surface area (Å²) < 4.78 is 3.69. The van der Waals surface area contributed by atoms with E-state index in [1.54, 1.807) is 10.7 Å². The summed E-state index contributed by atoms with van der Waals surface area (Å²) in [5, 5.41) is 3.92. The number of pyridine rings is 2. The molecule has 5 heteroatoms. The van der Waals surface area contributed by atoms with Crippen LogP contribution >= 0.6 is 0 Å². The summed E-state index contributed by atoms with van der Waals surface area (Å²) in [5.74, 6) is 0. The Morgan fingerprint density at radius 1 is 0.643 bits per heavy atom. The number of hydrogen-bond acceptors (Lipinski definition) is 3. The first kappa shape index (κ1) is 23.3. The minimum Gasteiger partial charge on any atom is -0.307 e. The van der Waals surface area contributed by atoms with E-state index in [1.165, 1.54) is 6.33 Å². The van der Waals surface area contributed by atoms with Gasteiger partial charge in [-0.3, -0.25) is 0 Å². The van der Waals surface area contributed by atoms with Gasteiger partial charge in [0.2, 0.25) is 0 Å². The molecular weight excluding hydrogens is 346 g/mol. The zero-order valence-electron chi connectivity index (χ0n) is 18.6. The van der Waals surface area contributed by atoms with E-state index in [-0.39, 0.29) is 0 Å². The van der Waals surface area contributed by atoms with Gasteiger partial charge < -0.3 is 4.40 Å². The molecule has 0 bridgehead atoms. The molecule has 5 nitrogen and oxygen atoms in total. The lowest BCUT2D eigenvalue weighted by molar-refractivity contribution is 0.469. The maximum Gasteiger partial charge on any atom is 0.155 e. The van der Waals surface area contributed by atoms with Crippen molar-refractivity contribution in [3.63, 3.8) is 0 Å². The van der Waals surface area contributed by atoms with Crippen LogP contribution in [-0.2, 0) is 0 Å². The molecule has 4 heterocycles. The Morgan fingerprint density at radius 2 is 1.18 bits per heavy atom. The van der Waals surface area contributed by atoms with E-state index in [9.17, 15) is 0 Å². The van der Waals surface area contributed by atoms with Crippen molar-refractivity contribution >= 4 is 11.3 Å². The van der Waals surface area contributed by atoms with Gasteiger partial charge in [0.25, 0.3) is 0 Å². The van der Waals surface area contributed by atoms with Gasteiger partial charge >= 0.3 is 0 Å². The molecule has 0 amide bonds. The van der Waals surface area contributed by atoms with E-state index < -0.39 is 0 Å². The molecule has 0 radical (unpaired) electrons. The van der Waals surface area contributed by atoms with Gasteiger partial charge in [0.15, 0.2) is 5.65 Å². The van der Waals surface area contributed by atoms with Crippen molar-refractivity contribution in [3.8, 4) is 0 Å². The van der Waals surface area contributed by atoms with Crippen molar-refractivity contribution in [1.82, 2.24) is 24.0 Å². The van der Waals surface area contributed by atoms with Crippen molar-refractivity contribution in [2.75, 3.05) is 0 Å². The average Bonchev–Trinajstić information content (AvgIpc) is 3.21. The molecule has 0 fully saturated rings. The lowest BCUT2D eigenvalue weighted by Gasteiger charge is -2.05. The van der Waals surface area contributed by atoms with Crippen molar-refractivity contribution < 1.29 is 0 Å². The first-order valence-corrected chi connectivity index (χ1v) is 9.55. The highest BCUT2D eigenvalue weighted by atomic mass is 15.3. The first-order valence-electron chi connectivity index (χ1n) is 9.55. The molecule has 0 atom stereocenters. The van der Waals surface area contributed by atoms with Gasteiger partial charge in [-0.05, 0) is 35.1 Å². The van der Waals surface area contributed by atoms with Crippen molar-refractivity contribution in [2.24, 2.45) is 10.8 Å². The van der Waals surface area contributed by atoms with Crippen LogP contribution < -0.4 is 0 Å². The summed E-state index contributed by atoms with van der Waals surface area (Å²) in [5.41, 5.74) is 2.88. The Morgan fingerprint density at radius 3 is 1.71 bits per heavy atom. The zero-order chi connectivity index (χ0) is 21.2. The molecule has 0 aliphatic heterocycles. The molecule has 152 valence electrons. The largest absolute Gasteiger partial charge is 0.307 e. The van der Waals surface area contributed by atoms with E-state index in [0.29, 0.717) is 10.8 Å². The summed E-state index contributed by atoms with van der Waals surface area (Å²) in [6, 6.07) is 11.7. The zero-order valence-corrected chi connectivity index (χ0v) is 18.6. The smallest absolute Gasteiger partial charge is 0.155 e. The molecule has 0 N–H and O–H groups in total. The monoisotopic (exact) mass is 381 g/mol. The van der Waals surface area contributed by atoms with E-state index >= 15 is 0 Å². The van der Waals surface area contributed by atoms with E-state index in [1.807, 2.05) is 59.4 Å². The molecule has 28 heavy (non-hydrogen) atoms. The normalized spacial score (nSPS) is 10.9. The minimum absolute atomic E-state index is 0.500. The number of rotatable bonds is 0. The van der Waals surface area contributed by atoms with Gasteiger partial charge in [-0.25, -0.2) is 14.5 Å². The quantitative estimate of drug-likeness (QED) is 0.366. The molecule has 0 saturated heterocycles. The molecule has 0 aliphatic rings. The van der Waals surface area contributed by atoms with Gasteiger partial charge in [0.05, 0.1) is 0 Å². The van der Waals surface area contributed by atoms with Crippen LogP contribution in [0.25, 0.3) is 11.3 Å². The van der Waals surface area contributed by atoms with Crippen LogP contribution in [0.4, 0.5) is 0 Å². The van der Waals surface area contributed by atoms with Gasteiger partial charge in [-0.2, -0.15) is 5.10 Å². The summed E-state index contributed by atoms with van der Waals surface area (Å²) in [6.07, 6.45) is 9.09. The number of imidazole rings is 1. The van der Waals surface area contributed by atoms with Crippen LogP contribution in [0, 0.1) is 10.8 Å². The maximum absolute atomic E-state index is 4.08. The van der Waals surface area contributed by atoms with Crippen molar-refractivity contribution in [3.05, 3.63) is 67.5 Å². The molecule has 0 saturated carbocycles. The van der Waals surface area contributed by atoms with Crippen LogP contribution in [0.3, 0.4) is 0 Å². The number of nitrogens with zero attached hydrogens (tertiary/aromatic N) is 5. The highest BCUT2D eigenvalue weighted by Crippen LogP contribution is 2.08. The fourth-order valence-corrected chi connectivity index (χ4v) is 1.63. The van der Waals surface area contributed by atoms with Gasteiger partial charge in [-0.15, -0.1) is 0 Å². The summed E-state index contributed by atoms with van der Waals surface area (Å²) >= 11 is 0. The fraction of sp³-hybridized carbons (Fsp3) is 0.435. The Hall–Kier alpha value is -2.69. The van der Waals surface area contributed by atoms with Crippen LogP contribution in [0.2, 0.25) is 0 Å². The number of hydrogen-bond donors (Lipinski definition) is 0. The molecule has 0 unspecified atom stereocenters. The van der Waals surface area contributed by atoms with E-state index in [0.717, 1.165) is 11.3 Å². The third kappa shape index (κ3) is 11.8. The van der Waals surface area contributed by atoms with Crippen molar-refractivity contribution in [2.45, 2.75) is 55.4 Å². The second-order valence-corrected chi connectivity index (χ2v) is 9.66. The van der Waals surface area contributed by atoms with Gasteiger partial charge in [0.1, 0.15) is 12.0 Å². The van der Waals surface area contributed by atoms with Gasteiger partial charge in [-0.1, -0.05) is 67.5 Å². The number of aromatic nitrogens is 5. The second-order valence-electron chi connectivity index (χ2n) is 9.66. The predicted molar refractivity (Wildman–Crippen MR) is 118 cm³/mol. The standard InChI is InChI=1S/C7H6N2.C6H5N3.2C5H12/c1-2-5-9-6-4-8-7(9)3-1;1-2-4-9-6(3-1)7-5-8-9;2*1-5(2,3)4/h1-6H;1-5H;2*1-4H3. The highest BCUT2D eigenvalue weighted by molar-refractivity contribution is 5.36. The van der Waals surface area contributed by atoms with Crippen LogP contribution in [-0.4, -0.2) is 24.0 Å². The summed E-state index contributed by atoms with van der Waals surface area (Å²) in [6.45, 7) is 17.5. The maximum atomic E-state index is 4.08. The minimum atomic E-state index is 0.500. The SMILES string of the molecule is CC(C)(C)C.CC(C)(C)C.c1ccn2ccnc2c1.c1ccn2ncnc2c1. The van der Waals surface area contributed by atoms with E-state index in [4.69, 9.17) is 0 Å². The van der Waals surface area contributed by atoms with Crippen molar-refractivity contribution in [1.29, 1.82) is 0 Å². The van der Waals surface area contributed by atoms with Crippen LogP contribution in [0.1, 0.15) is 55.4 Å². The number of fused-ring (bicyclic) bond motifs is 2. The Balaban J connectivity index is 0.000000196. The Bertz CT molecular complexity index is 773. The molecule has 0 aliphatic carbocycles. The van der Waals surface area contributed by atoms with Gasteiger partial charge in [0, 0.05) is 24.8 Å². The molecule has 4 aromatic rings. The predicted octanol–water partition coefficient (Wildman–Crippen LogP) is 6.17. The topological polar surface area (TPSA) is 47.5 Å².